The molecule has 0 saturated heterocycles. The second-order valence-electron chi connectivity index (χ2n) is 10.1. The Morgan fingerprint density at radius 1 is 1.00 bits per heavy atom. The number of nitrogens with one attached hydrogen (secondary N) is 3. The predicted molar refractivity (Wildman–Crippen MR) is 125 cm³/mol. The zero-order valence-electron chi connectivity index (χ0n) is 19.1. The second kappa shape index (κ2) is 9.36. The molecule has 2 aromatic rings. The van der Waals surface area contributed by atoms with Gasteiger partial charge in [0.05, 0.1) is 5.75 Å². The van der Waals surface area contributed by atoms with E-state index < -0.39 is 0 Å². The summed E-state index contributed by atoms with van der Waals surface area (Å²) in [6.45, 7) is 0. The SMILES string of the molecule is Cn1nnnc1SCC(=O)Nc1ccc(C(=O)NNC(=O)CC23CC4CC(CC(C4)C2)C3)cc1. The van der Waals surface area contributed by atoms with Crippen LogP contribution in [0.25, 0.3) is 0 Å². The zero-order valence-corrected chi connectivity index (χ0v) is 19.9. The van der Waals surface area contributed by atoms with Crippen LogP contribution in [-0.2, 0) is 16.6 Å². The van der Waals surface area contributed by atoms with E-state index in [0.717, 1.165) is 37.0 Å². The standard InChI is InChI=1S/C23H29N7O3S/c1-30-22(27-28-29-30)34-13-20(32)24-18-4-2-17(3-5-18)21(33)26-25-19(31)12-23-9-14-6-15(10-23)8-16(7-14)11-23/h2-5,14-16H,6-13H2,1H3,(H,24,32)(H,25,31)(H,26,33). The van der Waals surface area contributed by atoms with Gasteiger partial charge in [0, 0.05) is 24.7 Å². The van der Waals surface area contributed by atoms with E-state index in [1.165, 1.54) is 35.7 Å². The number of nitrogens with zero attached hydrogens (tertiary/aromatic N) is 4. The molecule has 4 aliphatic rings. The number of carbonyl (C=O) groups excluding carboxylic acids is 3. The number of benzene rings is 1. The highest BCUT2D eigenvalue weighted by Gasteiger charge is 2.51. The van der Waals surface area contributed by atoms with Gasteiger partial charge in [-0.15, -0.1) is 5.10 Å². The number of rotatable bonds is 7. The third-order valence-electron chi connectivity index (χ3n) is 7.36. The van der Waals surface area contributed by atoms with Gasteiger partial charge in [-0.1, -0.05) is 11.8 Å². The van der Waals surface area contributed by atoms with Crippen molar-refractivity contribution in [2.45, 2.75) is 50.1 Å². The molecule has 11 heteroatoms. The maximum Gasteiger partial charge on any atom is 0.269 e. The average molecular weight is 484 g/mol. The Bertz CT molecular complexity index is 1050. The molecule has 3 amide bonds. The number of aromatic nitrogens is 4. The number of tetrazole rings is 1. The summed E-state index contributed by atoms with van der Waals surface area (Å²) in [5.41, 5.74) is 6.24. The van der Waals surface area contributed by atoms with Crippen LogP contribution in [0.2, 0.25) is 0 Å². The number of anilines is 1. The summed E-state index contributed by atoms with van der Waals surface area (Å²) in [6.07, 6.45) is 7.97. The Morgan fingerprint density at radius 2 is 1.65 bits per heavy atom. The minimum atomic E-state index is -0.387. The fraction of sp³-hybridized carbons (Fsp3) is 0.565. The maximum atomic E-state index is 12.6. The second-order valence-corrected chi connectivity index (χ2v) is 11.0. The Labute approximate surface area is 202 Å². The molecule has 4 saturated carbocycles. The van der Waals surface area contributed by atoms with Gasteiger partial charge >= 0.3 is 0 Å². The van der Waals surface area contributed by atoms with Crippen molar-refractivity contribution < 1.29 is 14.4 Å². The first kappa shape index (κ1) is 22.8. The van der Waals surface area contributed by atoms with E-state index in [-0.39, 0.29) is 28.9 Å². The molecule has 0 atom stereocenters. The largest absolute Gasteiger partial charge is 0.325 e. The molecule has 4 bridgehead atoms. The van der Waals surface area contributed by atoms with Gasteiger partial charge in [0.25, 0.3) is 5.91 Å². The summed E-state index contributed by atoms with van der Waals surface area (Å²) >= 11 is 1.23. The van der Waals surface area contributed by atoms with Crippen LogP contribution in [0.1, 0.15) is 55.3 Å². The van der Waals surface area contributed by atoms with Crippen molar-refractivity contribution in [3.63, 3.8) is 0 Å². The van der Waals surface area contributed by atoms with E-state index in [2.05, 4.69) is 31.7 Å². The van der Waals surface area contributed by atoms with E-state index in [4.69, 9.17) is 0 Å². The third kappa shape index (κ3) is 5.08. The van der Waals surface area contributed by atoms with E-state index in [1.807, 2.05) is 0 Å². The highest BCUT2D eigenvalue weighted by atomic mass is 32.2. The van der Waals surface area contributed by atoms with Crippen LogP contribution in [0.15, 0.2) is 29.4 Å². The number of thioether (sulfide) groups is 1. The molecular formula is C23H29N7O3S. The fourth-order valence-electron chi connectivity index (χ4n) is 6.47. The third-order valence-corrected chi connectivity index (χ3v) is 8.37. The number of hydrogen-bond donors (Lipinski definition) is 3. The van der Waals surface area contributed by atoms with Crippen LogP contribution in [-0.4, -0.2) is 43.7 Å². The molecule has 1 heterocycles. The lowest BCUT2D eigenvalue weighted by molar-refractivity contribution is -0.130. The quantitative estimate of drug-likeness (QED) is 0.407. The van der Waals surface area contributed by atoms with E-state index >= 15 is 0 Å². The van der Waals surface area contributed by atoms with Gasteiger partial charge in [0.2, 0.25) is 17.0 Å². The van der Waals surface area contributed by atoms with Crippen LogP contribution >= 0.6 is 11.8 Å². The molecule has 4 fully saturated rings. The van der Waals surface area contributed by atoms with E-state index in [0.29, 0.717) is 22.8 Å². The maximum absolute atomic E-state index is 12.6. The van der Waals surface area contributed by atoms with Crippen molar-refractivity contribution in [3.8, 4) is 0 Å². The lowest BCUT2D eigenvalue weighted by Crippen LogP contribution is -2.50. The summed E-state index contributed by atoms with van der Waals surface area (Å²) in [6, 6.07) is 6.52. The van der Waals surface area contributed by atoms with Crippen LogP contribution < -0.4 is 16.2 Å². The predicted octanol–water partition coefficient (Wildman–Crippen LogP) is 2.31. The first-order valence-electron chi connectivity index (χ1n) is 11.7. The Hall–Kier alpha value is -2.95. The number of aryl methyl sites for hydroxylation is 1. The summed E-state index contributed by atoms with van der Waals surface area (Å²) in [7, 11) is 1.70. The van der Waals surface area contributed by atoms with Crippen molar-refractivity contribution in [1.82, 2.24) is 31.1 Å². The van der Waals surface area contributed by atoms with Crippen LogP contribution in [0, 0.1) is 23.2 Å². The minimum Gasteiger partial charge on any atom is -0.325 e. The molecule has 1 aromatic carbocycles. The van der Waals surface area contributed by atoms with E-state index in [9.17, 15) is 14.4 Å². The Morgan fingerprint density at radius 3 is 2.24 bits per heavy atom. The van der Waals surface area contributed by atoms with Crippen LogP contribution in [0.3, 0.4) is 0 Å². The summed E-state index contributed by atoms with van der Waals surface area (Å²) in [4.78, 5) is 37.2. The zero-order chi connectivity index (χ0) is 23.7. The van der Waals surface area contributed by atoms with Gasteiger partial charge in [-0.3, -0.25) is 25.2 Å². The molecule has 1 aromatic heterocycles. The molecule has 0 radical (unpaired) electrons. The van der Waals surface area contributed by atoms with Crippen molar-refractivity contribution >= 4 is 35.2 Å². The highest BCUT2D eigenvalue weighted by molar-refractivity contribution is 7.99. The molecule has 6 rings (SSSR count). The first-order valence-corrected chi connectivity index (χ1v) is 12.7. The molecule has 3 N–H and O–H groups in total. The van der Waals surface area contributed by atoms with Gasteiger partial charge in [0.1, 0.15) is 0 Å². The van der Waals surface area contributed by atoms with Gasteiger partial charge in [-0.05, 0) is 96.4 Å². The lowest BCUT2D eigenvalue weighted by atomic mass is 9.49. The molecule has 4 aliphatic carbocycles. The normalized spacial score (nSPS) is 26.8. The van der Waals surface area contributed by atoms with Gasteiger partial charge < -0.3 is 5.32 Å². The summed E-state index contributed by atoms with van der Waals surface area (Å²) in [5, 5.41) is 14.4. The molecule has 0 spiro atoms. The summed E-state index contributed by atoms with van der Waals surface area (Å²) < 4.78 is 1.49. The van der Waals surface area contributed by atoms with Crippen molar-refractivity contribution in [1.29, 1.82) is 0 Å². The van der Waals surface area contributed by atoms with Gasteiger partial charge in [-0.2, -0.15) is 0 Å². The number of carbonyl (C=O) groups is 3. The molecule has 10 nitrogen and oxygen atoms in total. The van der Waals surface area contributed by atoms with Crippen molar-refractivity contribution in [2.75, 3.05) is 11.1 Å². The topological polar surface area (TPSA) is 131 Å². The smallest absolute Gasteiger partial charge is 0.269 e. The van der Waals surface area contributed by atoms with Gasteiger partial charge in [-0.25, -0.2) is 4.68 Å². The first-order chi connectivity index (χ1) is 16.4. The molecule has 34 heavy (non-hydrogen) atoms. The number of hydrazine groups is 1. The minimum absolute atomic E-state index is 0.116. The number of amides is 3. The van der Waals surface area contributed by atoms with Gasteiger partial charge in [0.15, 0.2) is 0 Å². The fourth-order valence-corrected chi connectivity index (χ4v) is 7.12. The molecular weight excluding hydrogens is 454 g/mol. The Balaban J connectivity index is 1.07. The molecule has 180 valence electrons. The Kier molecular flexibility index (Phi) is 6.28. The average Bonchev–Trinajstić information content (AvgIpc) is 3.20. The van der Waals surface area contributed by atoms with E-state index in [1.54, 1.807) is 31.3 Å². The summed E-state index contributed by atoms with van der Waals surface area (Å²) in [5.74, 6) is 1.81. The number of hydrogen-bond acceptors (Lipinski definition) is 7. The lowest BCUT2D eigenvalue weighted by Gasteiger charge is -2.56. The van der Waals surface area contributed by atoms with Crippen LogP contribution in [0.4, 0.5) is 5.69 Å². The molecule has 0 unspecified atom stereocenters. The molecule has 0 aliphatic heterocycles. The van der Waals surface area contributed by atoms with Crippen molar-refractivity contribution in [2.24, 2.45) is 30.2 Å². The monoisotopic (exact) mass is 483 g/mol. The highest BCUT2D eigenvalue weighted by Crippen LogP contribution is 2.61. The van der Waals surface area contributed by atoms with Crippen molar-refractivity contribution in [3.05, 3.63) is 29.8 Å². The van der Waals surface area contributed by atoms with Crippen LogP contribution in [0.5, 0.6) is 0 Å².